The van der Waals surface area contributed by atoms with Gasteiger partial charge in [-0.2, -0.15) is 0 Å². The number of benzene rings is 2. The second kappa shape index (κ2) is 8.87. The van der Waals surface area contributed by atoms with Crippen molar-refractivity contribution in [2.75, 3.05) is 37.9 Å². The van der Waals surface area contributed by atoms with Crippen molar-refractivity contribution in [3.8, 4) is 11.5 Å². The minimum atomic E-state index is 0.312. The summed E-state index contributed by atoms with van der Waals surface area (Å²) in [5.41, 5.74) is 2.50. The van der Waals surface area contributed by atoms with Gasteiger partial charge in [0.15, 0.2) is 17.5 Å². The van der Waals surface area contributed by atoms with Crippen LogP contribution >= 0.6 is 0 Å². The first-order chi connectivity index (χ1) is 13.8. The van der Waals surface area contributed by atoms with Crippen LogP contribution in [0.3, 0.4) is 0 Å². The van der Waals surface area contributed by atoms with Gasteiger partial charge in [-0.3, -0.25) is 4.99 Å². The van der Waals surface area contributed by atoms with Crippen molar-refractivity contribution in [1.29, 1.82) is 0 Å². The van der Waals surface area contributed by atoms with Crippen molar-refractivity contribution >= 4 is 11.6 Å². The normalized spacial score (nSPS) is 18.4. The summed E-state index contributed by atoms with van der Waals surface area (Å²) in [6.45, 7) is 6.05. The number of fused-ring (bicyclic) bond motifs is 1. The molecule has 0 amide bonds. The Bertz CT molecular complexity index is 809. The quantitative estimate of drug-likeness (QED) is 0.596. The number of ether oxygens (including phenoxy) is 2. The van der Waals surface area contributed by atoms with Crippen molar-refractivity contribution in [2.24, 2.45) is 4.99 Å². The minimum Gasteiger partial charge on any atom is -0.454 e. The zero-order chi connectivity index (χ0) is 19.2. The molecule has 2 aliphatic rings. The lowest BCUT2D eigenvalue weighted by atomic mass is 10.1. The number of rotatable bonds is 6. The highest BCUT2D eigenvalue weighted by Crippen LogP contribution is 2.32. The van der Waals surface area contributed by atoms with E-state index in [4.69, 9.17) is 14.5 Å². The van der Waals surface area contributed by atoms with E-state index in [1.165, 1.54) is 11.3 Å². The molecule has 0 radical (unpaired) electrons. The third kappa shape index (κ3) is 4.50. The topological polar surface area (TPSA) is 58.1 Å². The number of nitrogens with zero attached hydrogens (tertiary/aromatic N) is 2. The molecule has 28 heavy (non-hydrogen) atoms. The van der Waals surface area contributed by atoms with Gasteiger partial charge < -0.3 is 25.0 Å². The molecule has 2 aromatic rings. The molecule has 1 saturated heterocycles. The first-order valence-corrected chi connectivity index (χ1v) is 10.0. The van der Waals surface area contributed by atoms with Crippen LogP contribution in [0.5, 0.6) is 11.5 Å². The van der Waals surface area contributed by atoms with Crippen LogP contribution in [-0.4, -0.2) is 45.0 Å². The van der Waals surface area contributed by atoms with Gasteiger partial charge in [-0.15, -0.1) is 0 Å². The highest BCUT2D eigenvalue weighted by Gasteiger charge is 2.23. The van der Waals surface area contributed by atoms with Crippen LogP contribution in [0.15, 0.2) is 53.5 Å². The van der Waals surface area contributed by atoms with Crippen LogP contribution in [0.1, 0.15) is 18.9 Å². The molecule has 0 saturated carbocycles. The maximum absolute atomic E-state index is 5.45. The second-order valence-electron chi connectivity index (χ2n) is 7.11. The van der Waals surface area contributed by atoms with Crippen molar-refractivity contribution in [3.63, 3.8) is 0 Å². The van der Waals surface area contributed by atoms with Crippen LogP contribution in [0.2, 0.25) is 0 Å². The highest BCUT2D eigenvalue weighted by molar-refractivity contribution is 5.80. The number of hydrogen-bond acceptors (Lipinski definition) is 4. The molecule has 0 aliphatic carbocycles. The summed E-state index contributed by atoms with van der Waals surface area (Å²) in [7, 11) is 0. The highest BCUT2D eigenvalue weighted by atomic mass is 16.7. The van der Waals surface area contributed by atoms with Gasteiger partial charge in [-0.1, -0.05) is 24.3 Å². The van der Waals surface area contributed by atoms with E-state index in [0.29, 0.717) is 12.8 Å². The average molecular weight is 380 g/mol. The van der Waals surface area contributed by atoms with Gasteiger partial charge in [0.1, 0.15) is 0 Å². The molecule has 2 aliphatic heterocycles. The summed E-state index contributed by atoms with van der Waals surface area (Å²) < 4.78 is 10.8. The Labute approximate surface area is 166 Å². The molecule has 0 spiro atoms. The summed E-state index contributed by atoms with van der Waals surface area (Å²) in [6.07, 6.45) is 1.98. The fourth-order valence-corrected chi connectivity index (χ4v) is 3.66. The lowest BCUT2D eigenvalue weighted by Crippen LogP contribution is -2.44. The van der Waals surface area contributed by atoms with E-state index in [2.05, 4.69) is 58.9 Å². The van der Waals surface area contributed by atoms with Gasteiger partial charge in [0.25, 0.3) is 0 Å². The van der Waals surface area contributed by atoms with E-state index in [1.807, 2.05) is 12.1 Å². The largest absolute Gasteiger partial charge is 0.454 e. The van der Waals surface area contributed by atoms with E-state index in [9.17, 15) is 0 Å². The van der Waals surface area contributed by atoms with Crippen molar-refractivity contribution < 1.29 is 9.47 Å². The van der Waals surface area contributed by atoms with Gasteiger partial charge in [0.05, 0.1) is 0 Å². The molecule has 0 aromatic heterocycles. The SMILES string of the molecule is CCNC(=NCCc1ccc2c(c1)OCO2)NC1CCN(c2ccccc2)C1. The summed E-state index contributed by atoms with van der Waals surface area (Å²) >= 11 is 0. The molecule has 1 fully saturated rings. The van der Waals surface area contributed by atoms with E-state index in [0.717, 1.165) is 56.5 Å². The Morgan fingerprint density at radius 2 is 2.00 bits per heavy atom. The molecule has 6 heteroatoms. The van der Waals surface area contributed by atoms with Crippen molar-refractivity contribution in [3.05, 3.63) is 54.1 Å². The third-order valence-electron chi connectivity index (χ3n) is 5.10. The predicted octanol–water partition coefficient (Wildman–Crippen LogP) is 2.79. The molecule has 4 rings (SSSR count). The molecule has 6 nitrogen and oxygen atoms in total. The molecular weight excluding hydrogens is 352 g/mol. The molecular formula is C22H28N4O2. The third-order valence-corrected chi connectivity index (χ3v) is 5.10. The number of nitrogens with one attached hydrogen (secondary N) is 2. The predicted molar refractivity (Wildman–Crippen MR) is 112 cm³/mol. The number of hydrogen-bond donors (Lipinski definition) is 2. The monoisotopic (exact) mass is 380 g/mol. The number of anilines is 1. The maximum atomic E-state index is 5.45. The van der Waals surface area contributed by atoms with E-state index >= 15 is 0 Å². The lowest BCUT2D eigenvalue weighted by Gasteiger charge is -2.20. The second-order valence-corrected chi connectivity index (χ2v) is 7.11. The standard InChI is InChI=1S/C22H28N4O2/c1-2-23-22(24-12-10-17-8-9-20-21(14-17)28-16-27-20)25-18-11-13-26(15-18)19-6-4-3-5-7-19/h3-9,14,18H,2,10-13,15-16H2,1H3,(H2,23,24,25). The molecule has 2 aromatic carbocycles. The first kappa shape index (κ1) is 18.5. The molecule has 0 bridgehead atoms. The number of para-hydroxylation sites is 1. The smallest absolute Gasteiger partial charge is 0.231 e. The van der Waals surface area contributed by atoms with E-state index in [1.54, 1.807) is 0 Å². The van der Waals surface area contributed by atoms with Gasteiger partial charge in [-0.25, -0.2) is 0 Å². The minimum absolute atomic E-state index is 0.312. The molecule has 1 unspecified atom stereocenters. The Morgan fingerprint density at radius 1 is 1.14 bits per heavy atom. The Kier molecular flexibility index (Phi) is 5.85. The zero-order valence-electron chi connectivity index (χ0n) is 16.4. The van der Waals surface area contributed by atoms with Crippen molar-refractivity contribution in [1.82, 2.24) is 10.6 Å². The molecule has 148 valence electrons. The summed E-state index contributed by atoms with van der Waals surface area (Å²) in [6, 6.07) is 17.1. The van der Waals surface area contributed by atoms with Crippen LogP contribution in [-0.2, 0) is 6.42 Å². The summed E-state index contributed by atoms with van der Waals surface area (Å²) in [5.74, 6) is 2.55. The van der Waals surface area contributed by atoms with Gasteiger partial charge >= 0.3 is 0 Å². The lowest BCUT2D eigenvalue weighted by molar-refractivity contribution is 0.174. The Morgan fingerprint density at radius 3 is 2.86 bits per heavy atom. The average Bonchev–Trinajstić information content (AvgIpc) is 3.38. The van der Waals surface area contributed by atoms with Gasteiger partial charge in [0.2, 0.25) is 6.79 Å². The molecule has 2 N–H and O–H groups in total. The van der Waals surface area contributed by atoms with E-state index < -0.39 is 0 Å². The summed E-state index contributed by atoms with van der Waals surface area (Å²) in [4.78, 5) is 7.19. The first-order valence-electron chi connectivity index (χ1n) is 10.0. The van der Waals surface area contributed by atoms with Gasteiger partial charge in [0, 0.05) is 37.9 Å². The van der Waals surface area contributed by atoms with Crippen LogP contribution in [0, 0.1) is 0 Å². The number of guanidine groups is 1. The van der Waals surface area contributed by atoms with Crippen LogP contribution in [0.4, 0.5) is 5.69 Å². The Balaban J connectivity index is 1.31. The van der Waals surface area contributed by atoms with Gasteiger partial charge in [-0.05, 0) is 49.6 Å². The fourth-order valence-electron chi connectivity index (χ4n) is 3.66. The van der Waals surface area contributed by atoms with Crippen LogP contribution in [0.25, 0.3) is 0 Å². The fraction of sp³-hybridized carbons (Fsp3) is 0.409. The van der Waals surface area contributed by atoms with Crippen molar-refractivity contribution in [2.45, 2.75) is 25.8 Å². The maximum Gasteiger partial charge on any atom is 0.231 e. The number of aliphatic imine (C=N–C) groups is 1. The zero-order valence-corrected chi connectivity index (χ0v) is 16.4. The van der Waals surface area contributed by atoms with Crippen LogP contribution < -0.4 is 25.0 Å². The Hall–Kier alpha value is -2.89. The molecule has 1 atom stereocenters. The van der Waals surface area contributed by atoms with E-state index in [-0.39, 0.29) is 0 Å². The summed E-state index contributed by atoms with van der Waals surface area (Å²) in [5, 5.41) is 6.96. The molecule has 2 heterocycles.